The fraction of sp³-hybridized carbons (Fsp3) is 0.435. The summed E-state index contributed by atoms with van der Waals surface area (Å²) in [5, 5.41) is 4.98. The number of nitrogens with zero attached hydrogens (tertiary/aromatic N) is 2. The summed E-state index contributed by atoms with van der Waals surface area (Å²) in [6, 6.07) is 6.04. The monoisotopic (exact) mass is 470 g/mol. The van der Waals surface area contributed by atoms with Crippen LogP contribution in [0.25, 0.3) is 6.08 Å². The fourth-order valence-corrected chi connectivity index (χ4v) is 5.24. The molecule has 2 N–H and O–H groups in total. The number of benzene rings is 1. The molecule has 0 bridgehead atoms. The molecule has 3 aliphatic rings. The molecule has 2 heterocycles. The topological polar surface area (TPSA) is 116 Å². The largest absolute Gasteiger partial charge is 0.353 e. The molecule has 4 rings (SSSR count). The van der Waals surface area contributed by atoms with Gasteiger partial charge in [-0.2, -0.15) is 0 Å². The second kappa shape index (κ2) is 9.01. The van der Waals surface area contributed by atoms with Gasteiger partial charge >= 0.3 is 6.03 Å². The lowest BCUT2D eigenvalue weighted by molar-refractivity contribution is -0.137. The summed E-state index contributed by atoms with van der Waals surface area (Å²) < 4.78 is 0. The molecule has 3 fully saturated rings. The number of rotatable bonds is 6. The van der Waals surface area contributed by atoms with E-state index in [4.69, 9.17) is 0 Å². The lowest BCUT2D eigenvalue weighted by Crippen LogP contribution is -2.50. The molecule has 1 atom stereocenters. The molecule has 6 amide bonds. The maximum Gasteiger partial charge on any atom is 0.325 e. The zero-order valence-corrected chi connectivity index (χ0v) is 19.4. The smallest absolute Gasteiger partial charge is 0.325 e. The van der Waals surface area contributed by atoms with Crippen molar-refractivity contribution in [2.45, 2.75) is 51.1 Å². The van der Waals surface area contributed by atoms with Crippen LogP contribution in [0.15, 0.2) is 29.2 Å². The average Bonchev–Trinajstić information content (AvgIpc) is 3.42. The fourth-order valence-electron chi connectivity index (χ4n) is 4.37. The summed E-state index contributed by atoms with van der Waals surface area (Å²) >= 11 is 0.858. The lowest BCUT2D eigenvalue weighted by Gasteiger charge is -2.23. The number of carbonyl (C=O) groups is 5. The first kappa shape index (κ1) is 23.0. The minimum absolute atomic E-state index is 0.00154. The summed E-state index contributed by atoms with van der Waals surface area (Å²) in [5.74, 6) is -1.29. The lowest BCUT2D eigenvalue weighted by atomic mass is 9.97. The third-order valence-electron chi connectivity index (χ3n) is 6.30. The molecule has 0 aromatic heterocycles. The number of hydrogen-bond donors (Lipinski definition) is 2. The minimum atomic E-state index is -0.992. The first-order valence-corrected chi connectivity index (χ1v) is 11.8. The number of hydrogen-bond acceptors (Lipinski definition) is 6. The summed E-state index contributed by atoms with van der Waals surface area (Å²) in [5.41, 5.74) is 1.04. The van der Waals surface area contributed by atoms with E-state index in [0.717, 1.165) is 45.5 Å². The van der Waals surface area contributed by atoms with Crippen molar-refractivity contribution < 1.29 is 24.0 Å². The van der Waals surface area contributed by atoms with Crippen molar-refractivity contribution in [2.75, 3.05) is 13.1 Å². The third kappa shape index (κ3) is 4.39. The number of carbonyl (C=O) groups excluding carboxylic acids is 5. The van der Waals surface area contributed by atoms with Crippen LogP contribution in [-0.4, -0.2) is 63.5 Å². The Labute approximate surface area is 195 Å². The van der Waals surface area contributed by atoms with Gasteiger partial charge in [-0.3, -0.25) is 24.1 Å². The summed E-state index contributed by atoms with van der Waals surface area (Å²) in [6.45, 7) is 3.48. The van der Waals surface area contributed by atoms with Gasteiger partial charge < -0.3 is 10.6 Å². The van der Waals surface area contributed by atoms with Gasteiger partial charge in [0.1, 0.15) is 11.6 Å². The van der Waals surface area contributed by atoms with Gasteiger partial charge in [0.05, 0.1) is 4.91 Å². The van der Waals surface area contributed by atoms with Crippen LogP contribution in [-0.2, 0) is 14.4 Å². The first-order chi connectivity index (χ1) is 15.7. The van der Waals surface area contributed by atoms with Crippen molar-refractivity contribution in [1.29, 1.82) is 0 Å². The molecule has 1 unspecified atom stereocenters. The van der Waals surface area contributed by atoms with Crippen molar-refractivity contribution in [3.63, 3.8) is 0 Å². The second-order valence-corrected chi connectivity index (χ2v) is 9.60. The second-order valence-electron chi connectivity index (χ2n) is 8.61. The predicted molar refractivity (Wildman–Crippen MR) is 123 cm³/mol. The van der Waals surface area contributed by atoms with E-state index in [1.54, 1.807) is 6.08 Å². The average molecular weight is 471 g/mol. The highest BCUT2D eigenvalue weighted by atomic mass is 32.2. The Kier molecular flexibility index (Phi) is 6.29. The van der Waals surface area contributed by atoms with Crippen molar-refractivity contribution in [3.8, 4) is 0 Å². The molecule has 1 aromatic rings. The Morgan fingerprint density at radius 3 is 2.52 bits per heavy atom. The van der Waals surface area contributed by atoms with Crippen molar-refractivity contribution in [1.82, 2.24) is 20.4 Å². The zero-order chi connectivity index (χ0) is 23.8. The maximum atomic E-state index is 12.8. The zero-order valence-electron chi connectivity index (χ0n) is 18.6. The van der Waals surface area contributed by atoms with E-state index in [2.05, 4.69) is 10.6 Å². The Bertz CT molecular complexity index is 1050. The van der Waals surface area contributed by atoms with E-state index in [0.29, 0.717) is 17.7 Å². The first-order valence-electron chi connectivity index (χ1n) is 11.0. The van der Waals surface area contributed by atoms with Crippen molar-refractivity contribution >= 4 is 46.8 Å². The van der Waals surface area contributed by atoms with Gasteiger partial charge in [-0.25, -0.2) is 9.69 Å². The van der Waals surface area contributed by atoms with Crippen molar-refractivity contribution in [3.05, 3.63) is 40.3 Å². The van der Waals surface area contributed by atoms with E-state index in [1.807, 2.05) is 31.2 Å². The Morgan fingerprint density at radius 2 is 1.85 bits per heavy atom. The molecular formula is C23H26N4O5S. The van der Waals surface area contributed by atoms with Crippen LogP contribution < -0.4 is 10.6 Å². The Hall–Kier alpha value is -3.14. The third-order valence-corrected chi connectivity index (χ3v) is 7.21. The summed E-state index contributed by atoms with van der Waals surface area (Å²) in [7, 11) is 0. The molecule has 1 aliphatic carbocycles. The van der Waals surface area contributed by atoms with E-state index in [1.165, 1.54) is 6.92 Å². The molecule has 33 heavy (non-hydrogen) atoms. The molecule has 1 spiro atoms. The highest BCUT2D eigenvalue weighted by Gasteiger charge is 2.54. The number of amides is 6. The summed E-state index contributed by atoms with van der Waals surface area (Å²) in [4.78, 5) is 65.1. The van der Waals surface area contributed by atoms with Crippen LogP contribution in [0.4, 0.5) is 9.59 Å². The number of aryl methyl sites for hydroxylation is 1. The highest BCUT2D eigenvalue weighted by molar-refractivity contribution is 8.18. The van der Waals surface area contributed by atoms with Gasteiger partial charge in [-0.15, -0.1) is 0 Å². The minimum Gasteiger partial charge on any atom is -0.353 e. The molecular weight excluding hydrogens is 444 g/mol. The van der Waals surface area contributed by atoms with Crippen LogP contribution in [0.5, 0.6) is 0 Å². The Balaban J connectivity index is 1.32. The molecule has 2 saturated heterocycles. The molecule has 2 aliphatic heterocycles. The quantitative estimate of drug-likeness (QED) is 0.487. The Morgan fingerprint density at radius 1 is 1.18 bits per heavy atom. The molecule has 10 heteroatoms. The number of urea groups is 1. The number of thioether (sulfide) groups is 1. The van der Waals surface area contributed by atoms with Crippen molar-refractivity contribution in [2.24, 2.45) is 0 Å². The van der Waals surface area contributed by atoms with Crippen LogP contribution >= 0.6 is 11.8 Å². The summed E-state index contributed by atoms with van der Waals surface area (Å²) in [6.07, 6.45) is 4.55. The van der Waals surface area contributed by atoms with Gasteiger partial charge in [0.15, 0.2) is 0 Å². The molecule has 1 aromatic carbocycles. The predicted octanol–water partition coefficient (Wildman–Crippen LogP) is 2.40. The van der Waals surface area contributed by atoms with Gasteiger partial charge in [0.25, 0.3) is 17.1 Å². The maximum absolute atomic E-state index is 12.8. The van der Waals surface area contributed by atoms with Gasteiger partial charge in [-0.05, 0) is 50.1 Å². The van der Waals surface area contributed by atoms with E-state index in [9.17, 15) is 24.0 Å². The van der Waals surface area contributed by atoms with Gasteiger partial charge in [0, 0.05) is 13.1 Å². The molecule has 9 nitrogen and oxygen atoms in total. The molecule has 0 radical (unpaired) electrons. The number of nitrogens with one attached hydrogen (secondary N) is 2. The van der Waals surface area contributed by atoms with Gasteiger partial charge in [0.2, 0.25) is 5.91 Å². The molecule has 1 saturated carbocycles. The van der Waals surface area contributed by atoms with E-state index in [-0.39, 0.29) is 19.0 Å². The van der Waals surface area contributed by atoms with Gasteiger partial charge in [-0.1, -0.05) is 42.7 Å². The normalized spacial score (nSPS) is 21.9. The van der Waals surface area contributed by atoms with Crippen LogP contribution in [0, 0.1) is 6.92 Å². The highest BCUT2D eigenvalue weighted by Crippen LogP contribution is 2.36. The number of imide groups is 2. The van der Waals surface area contributed by atoms with Crippen LogP contribution in [0.1, 0.15) is 43.7 Å². The van der Waals surface area contributed by atoms with E-state index < -0.39 is 34.7 Å². The van der Waals surface area contributed by atoms with Crippen LogP contribution in [0.2, 0.25) is 0 Å². The van der Waals surface area contributed by atoms with E-state index >= 15 is 0 Å². The standard InChI is InChI=1S/C23H26N4O5S/c1-14-5-7-16(8-6-14)13-17-19(29)26(22(32)33-17)12-11-24-18(28)15(2)27-20(30)23(25-21(27)31)9-3-4-10-23/h5-8,13,15H,3-4,9-12H2,1-2H3,(H,24,28)(H,25,31)/b17-13+. The SMILES string of the molecule is Cc1ccc(/C=C2/SC(=O)N(CCNC(=O)C(C)N3C(=O)NC4(CCCC4)C3=O)C2=O)cc1. The molecule has 174 valence electrons. The van der Waals surface area contributed by atoms with Crippen LogP contribution in [0.3, 0.4) is 0 Å².